The molecule has 1 fully saturated rings. The van der Waals surface area contributed by atoms with E-state index in [1.54, 1.807) is 24.1 Å². The highest BCUT2D eigenvalue weighted by Crippen LogP contribution is 2.31. The number of hydrogen-bond donors (Lipinski definition) is 1. The Hall–Kier alpha value is -2.53. The molecule has 1 aliphatic heterocycles. The molecule has 0 spiro atoms. The van der Waals surface area contributed by atoms with Crippen LogP contribution < -0.4 is 15.0 Å². The van der Waals surface area contributed by atoms with Gasteiger partial charge in [-0.25, -0.2) is 0 Å². The van der Waals surface area contributed by atoms with Gasteiger partial charge in [0.25, 0.3) is 0 Å². The van der Waals surface area contributed by atoms with Crippen molar-refractivity contribution < 1.29 is 14.3 Å². The lowest BCUT2D eigenvalue weighted by Crippen LogP contribution is -2.34. The molecule has 2 aromatic carbocycles. The third-order valence-electron chi connectivity index (χ3n) is 4.53. The van der Waals surface area contributed by atoms with Gasteiger partial charge in [-0.3, -0.25) is 9.59 Å². The molecule has 5 nitrogen and oxygen atoms in total. The SMILES string of the molecule is COc1ccccc1CCNC(=O)[C@H]1CC(=O)N(c2ccccc2Cl)C1. The number of rotatable bonds is 6. The maximum atomic E-state index is 12.4. The summed E-state index contributed by atoms with van der Waals surface area (Å²) < 4.78 is 5.31. The first-order valence-corrected chi connectivity index (χ1v) is 8.92. The van der Waals surface area contributed by atoms with Gasteiger partial charge >= 0.3 is 0 Å². The van der Waals surface area contributed by atoms with Crippen molar-refractivity contribution in [2.24, 2.45) is 5.92 Å². The Morgan fingerprint density at radius 2 is 1.96 bits per heavy atom. The van der Waals surface area contributed by atoms with E-state index in [0.717, 1.165) is 11.3 Å². The van der Waals surface area contributed by atoms with E-state index < -0.39 is 0 Å². The van der Waals surface area contributed by atoms with Crippen LogP contribution in [-0.4, -0.2) is 32.0 Å². The van der Waals surface area contributed by atoms with Gasteiger partial charge in [0.1, 0.15) is 5.75 Å². The summed E-state index contributed by atoms with van der Waals surface area (Å²) in [5, 5.41) is 3.44. The monoisotopic (exact) mass is 372 g/mol. The van der Waals surface area contributed by atoms with E-state index in [1.807, 2.05) is 36.4 Å². The number of amides is 2. The fourth-order valence-electron chi connectivity index (χ4n) is 3.16. The van der Waals surface area contributed by atoms with Gasteiger partial charge in [0.15, 0.2) is 0 Å². The Morgan fingerprint density at radius 1 is 1.23 bits per heavy atom. The highest BCUT2D eigenvalue weighted by Gasteiger charge is 2.35. The second-order valence-corrected chi connectivity index (χ2v) is 6.62. The molecule has 0 aromatic heterocycles. The van der Waals surface area contributed by atoms with Crippen molar-refractivity contribution in [1.82, 2.24) is 5.32 Å². The standard InChI is InChI=1S/C20H21ClN2O3/c1-26-18-9-5-2-6-14(18)10-11-22-20(25)15-12-19(24)23(13-15)17-8-4-3-7-16(17)21/h2-9,15H,10-13H2,1H3,(H,22,25)/t15-/m0/s1. The summed E-state index contributed by atoms with van der Waals surface area (Å²) >= 11 is 6.17. The number of ether oxygens (including phenoxy) is 1. The molecule has 2 aromatic rings. The van der Waals surface area contributed by atoms with E-state index in [2.05, 4.69) is 5.32 Å². The zero-order valence-electron chi connectivity index (χ0n) is 14.6. The first kappa shape index (κ1) is 18.3. The van der Waals surface area contributed by atoms with Crippen LogP contribution in [-0.2, 0) is 16.0 Å². The van der Waals surface area contributed by atoms with Gasteiger partial charge in [0, 0.05) is 19.5 Å². The largest absolute Gasteiger partial charge is 0.496 e. The van der Waals surface area contributed by atoms with Crippen molar-refractivity contribution in [3.63, 3.8) is 0 Å². The van der Waals surface area contributed by atoms with Gasteiger partial charge in [-0.2, -0.15) is 0 Å². The summed E-state index contributed by atoms with van der Waals surface area (Å²) in [6.45, 7) is 0.846. The van der Waals surface area contributed by atoms with E-state index >= 15 is 0 Å². The lowest BCUT2D eigenvalue weighted by Gasteiger charge is -2.18. The van der Waals surface area contributed by atoms with E-state index in [9.17, 15) is 9.59 Å². The maximum absolute atomic E-state index is 12.4. The minimum absolute atomic E-state index is 0.0806. The summed E-state index contributed by atoms with van der Waals surface area (Å²) in [7, 11) is 1.63. The fourth-order valence-corrected chi connectivity index (χ4v) is 3.40. The smallest absolute Gasteiger partial charge is 0.227 e. The molecular weight excluding hydrogens is 352 g/mol. The second kappa shape index (κ2) is 8.23. The summed E-state index contributed by atoms with van der Waals surface area (Å²) in [5.41, 5.74) is 1.69. The summed E-state index contributed by atoms with van der Waals surface area (Å²) in [6.07, 6.45) is 0.871. The zero-order chi connectivity index (χ0) is 18.5. The molecule has 2 amide bonds. The predicted octanol–water partition coefficient (Wildman–Crippen LogP) is 3.06. The lowest BCUT2D eigenvalue weighted by molar-refractivity contribution is -0.126. The first-order chi connectivity index (χ1) is 12.6. The molecule has 1 saturated heterocycles. The molecule has 136 valence electrons. The van der Waals surface area contributed by atoms with Crippen molar-refractivity contribution in [3.05, 3.63) is 59.1 Å². The molecule has 3 rings (SSSR count). The van der Waals surface area contributed by atoms with Crippen molar-refractivity contribution >= 4 is 29.1 Å². The maximum Gasteiger partial charge on any atom is 0.227 e. The highest BCUT2D eigenvalue weighted by molar-refractivity contribution is 6.33. The second-order valence-electron chi connectivity index (χ2n) is 6.21. The highest BCUT2D eigenvalue weighted by atomic mass is 35.5. The van der Waals surface area contributed by atoms with Crippen LogP contribution in [0.15, 0.2) is 48.5 Å². The summed E-state index contributed by atoms with van der Waals surface area (Å²) in [5.74, 6) is 0.255. The fraction of sp³-hybridized carbons (Fsp3) is 0.300. The van der Waals surface area contributed by atoms with Crippen LogP contribution >= 0.6 is 11.6 Å². The molecule has 0 saturated carbocycles. The molecule has 26 heavy (non-hydrogen) atoms. The van der Waals surface area contributed by atoms with Crippen LogP contribution in [0.3, 0.4) is 0 Å². The summed E-state index contributed by atoms with van der Waals surface area (Å²) in [4.78, 5) is 26.3. The molecule has 1 aliphatic rings. The van der Waals surface area contributed by atoms with Crippen LogP contribution in [0, 0.1) is 5.92 Å². The molecule has 0 bridgehead atoms. The van der Waals surface area contributed by atoms with E-state index in [0.29, 0.717) is 30.2 Å². The number of nitrogens with one attached hydrogen (secondary N) is 1. The molecule has 1 N–H and O–H groups in total. The third-order valence-corrected chi connectivity index (χ3v) is 4.84. The van der Waals surface area contributed by atoms with Crippen LogP contribution in [0.5, 0.6) is 5.75 Å². The minimum atomic E-state index is -0.364. The van der Waals surface area contributed by atoms with Gasteiger partial charge in [0.05, 0.1) is 23.7 Å². The molecule has 1 heterocycles. The number of methoxy groups -OCH3 is 1. The molecular formula is C20H21ClN2O3. The first-order valence-electron chi connectivity index (χ1n) is 8.54. The van der Waals surface area contributed by atoms with Crippen molar-refractivity contribution in [2.45, 2.75) is 12.8 Å². The summed E-state index contributed by atoms with van der Waals surface area (Å²) in [6, 6.07) is 14.9. The van der Waals surface area contributed by atoms with Crippen LogP contribution in [0.2, 0.25) is 5.02 Å². The average molecular weight is 373 g/mol. The number of anilines is 1. The lowest BCUT2D eigenvalue weighted by atomic mass is 10.1. The Morgan fingerprint density at radius 3 is 2.73 bits per heavy atom. The van der Waals surface area contributed by atoms with Crippen molar-refractivity contribution in [1.29, 1.82) is 0 Å². The van der Waals surface area contributed by atoms with Crippen LogP contribution in [0.25, 0.3) is 0 Å². The van der Waals surface area contributed by atoms with Gasteiger partial charge in [-0.15, -0.1) is 0 Å². The molecule has 0 radical (unpaired) electrons. The Kier molecular flexibility index (Phi) is 5.78. The third kappa shape index (κ3) is 3.99. The number of para-hydroxylation sites is 2. The number of nitrogens with zero attached hydrogens (tertiary/aromatic N) is 1. The van der Waals surface area contributed by atoms with Gasteiger partial charge in [-0.05, 0) is 30.2 Å². The van der Waals surface area contributed by atoms with E-state index in [4.69, 9.17) is 16.3 Å². The Bertz CT molecular complexity index is 809. The number of carbonyl (C=O) groups excluding carboxylic acids is 2. The van der Waals surface area contributed by atoms with Crippen LogP contribution in [0.4, 0.5) is 5.69 Å². The van der Waals surface area contributed by atoms with Gasteiger partial charge in [-0.1, -0.05) is 41.9 Å². The number of benzene rings is 2. The Balaban J connectivity index is 1.56. The quantitative estimate of drug-likeness (QED) is 0.847. The molecule has 6 heteroatoms. The van der Waals surface area contributed by atoms with Crippen molar-refractivity contribution in [2.75, 3.05) is 25.1 Å². The van der Waals surface area contributed by atoms with Gasteiger partial charge in [0.2, 0.25) is 11.8 Å². The molecule has 0 aliphatic carbocycles. The average Bonchev–Trinajstić information content (AvgIpc) is 3.04. The van der Waals surface area contributed by atoms with E-state index in [-0.39, 0.29) is 24.2 Å². The van der Waals surface area contributed by atoms with Crippen molar-refractivity contribution in [3.8, 4) is 5.75 Å². The topological polar surface area (TPSA) is 58.6 Å². The van der Waals surface area contributed by atoms with E-state index in [1.165, 1.54) is 0 Å². The zero-order valence-corrected chi connectivity index (χ0v) is 15.3. The molecule has 0 unspecified atom stereocenters. The normalized spacial score (nSPS) is 16.6. The number of hydrogen-bond acceptors (Lipinski definition) is 3. The molecule has 1 atom stereocenters. The van der Waals surface area contributed by atoms with Crippen LogP contribution in [0.1, 0.15) is 12.0 Å². The minimum Gasteiger partial charge on any atom is -0.496 e. The Labute approximate surface area is 157 Å². The van der Waals surface area contributed by atoms with Gasteiger partial charge < -0.3 is 15.0 Å². The predicted molar refractivity (Wildman–Crippen MR) is 102 cm³/mol. The number of halogens is 1. The number of carbonyl (C=O) groups is 2.